The standard InChI is InChI=1S/C13H22N2O3S/c1-19(18)8-7-15-9-11(16)14-12(13(15)17)10-5-3-2-4-6-10/h10,12H,2-9H2,1H3,(H,14,16). The molecule has 1 N–H and O–H groups in total. The molecule has 2 aliphatic rings. The second kappa shape index (κ2) is 6.50. The van der Waals surface area contributed by atoms with Crippen molar-refractivity contribution in [1.29, 1.82) is 0 Å². The van der Waals surface area contributed by atoms with Gasteiger partial charge < -0.3 is 10.2 Å². The zero-order chi connectivity index (χ0) is 13.8. The number of piperazine rings is 1. The van der Waals surface area contributed by atoms with Crippen molar-refractivity contribution < 1.29 is 13.8 Å². The number of amides is 2. The van der Waals surface area contributed by atoms with Crippen LogP contribution < -0.4 is 5.32 Å². The van der Waals surface area contributed by atoms with Crippen LogP contribution in [-0.4, -0.2) is 52.1 Å². The van der Waals surface area contributed by atoms with Crippen LogP contribution in [0.25, 0.3) is 0 Å². The van der Waals surface area contributed by atoms with Crippen molar-refractivity contribution in [1.82, 2.24) is 10.2 Å². The van der Waals surface area contributed by atoms with E-state index in [1.807, 2.05) is 0 Å². The third-order valence-corrected chi connectivity index (χ3v) is 4.76. The van der Waals surface area contributed by atoms with Crippen molar-refractivity contribution in [2.75, 3.05) is 25.1 Å². The molecule has 108 valence electrons. The quantitative estimate of drug-likeness (QED) is 0.807. The van der Waals surface area contributed by atoms with Crippen molar-refractivity contribution in [3.63, 3.8) is 0 Å². The molecule has 0 aromatic carbocycles. The Morgan fingerprint density at radius 1 is 1.26 bits per heavy atom. The van der Waals surface area contributed by atoms with Gasteiger partial charge in [-0.25, -0.2) is 0 Å². The Hall–Kier alpha value is -0.910. The predicted molar refractivity (Wildman–Crippen MR) is 74.0 cm³/mol. The fraction of sp³-hybridized carbons (Fsp3) is 0.846. The predicted octanol–water partition coefficient (Wildman–Crippen LogP) is 0.272. The highest BCUT2D eigenvalue weighted by Gasteiger charge is 2.37. The number of nitrogens with one attached hydrogen (secondary N) is 1. The zero-order valence-corrected chi connectivity index (χ0v) is 12.2. The van der Waals surface area contributed by atoms with Crippen molar-refractivity contribution in [3.8, 4) is 0 Å². The summed E-state index contributed by atoms with van der Waals surface area (Å²) in [6.07, 6.45) is 7.16. The molecule has 0 spiro atoms. The molecule has 2 fully saturated rings. The highest BCUT2D eigenvalue weighted by molar-refractivity contribution is 7.84. The van der Waals surface area contributed by atoms with Crippen LogP contribution in [0.5, 0.6) is 0 Å². The Kier molecular flexibility index (Phi) is 4.96. The Balaban J connectivity index is 2.00. The molecular weight excluding hydrogens is 264 g/mol. The molecule has 0 radical (unpaired) electrons. The number of rotatable bonds is 4. The van der Waals surface area contributed by atoms with Crippen molar-refractivity contribution in [3.05, 3.63) is 0 Å². The molecule has 1 saturated heterocycles. The molecule has 1 saturated carbocycles. The first-order valence-corrected chi connectivity index (χ1v) is 8.69. The van der Waals surface area contributed by atoms with E-state index in [2.05, 4.69) is 5.32 Å². The summed E-state index contributed by atoms with van der Waals surface area (Å²) >= 11 is 0. The van der Waals surface area contributed by atoms with Gasteiger partial charge >= 0.3 is 0 Å². The van der Waals surface area contributed by atoms with Gasteiger partial charge in [0.1, 0.15) is 6.04 Å². The van der Waals surface area contributed by atoms with Crippen molar-refractivity contribution in [2.45, 2.75) is 38.1 Å². The lowest BCUT2D eigenvalue weighted by Gasteiger charge is -2.37. The van der Waals surface area contributed by atoms with Gasteiger partial charge in [0.05, 0.1) is 6.54 Å². The van der Waals surface area contributed by atoms with E-state index in [1.165, 1.54) is 6.42 Å². The second-order valence-corrected chi connectivity index (χ2v) is 7.04. The topological polar surface area (TPSA) is 66.5 Å². The van der Waals surface area contributed by atoms with Crippen molar-refractivity contribution in [2.24, 2.45) is 5.92 Å². The molecule has 2 amide bonds. The maximum absolute atomic E-state index is 12.4. The van der Waals surface area contributed by atoms with Gasteiger partial charge in [-0.05, 0) is 18.8 Å². The minimum atomic E-state index is -0.935. The summed E-state index contributed by atoms with van der Waals surface area (Å²) in [7, 11) is -0.935. The first-order chi connectivity index (χ1) is 9.08. The van der Waals surface area contributed by atoms with Gasteiger partial charge in [-0.3, -0.25) is 13.8 Å². The maximum Gasteiger partial charge on any atom is 0.245 e. The Morgan fingerprint density at radius 2 is 1.95 bits per heavy atom. The summed E-state index contributed by atoms with van der Waals surface area (Å²) in [4.78, 5) is 25.7. The van der Waals surface area contributed by atoms with E-state index in [0.717, 1.165) is 25.7 Å². The lowest BCUT2D eigenvalue weighted by atomic mass is 9.82. The van der Waals surface area contributed by atoms with E-state index in [0.29, 0.717) is 12.3 Å². The third-order valence-electron chi connectivity index (χ3n) is 4.00. The first kappa shape index (κ1) is 14.5. The van der Waals surface area contributed by atoms with Gasteiger partial charge in [-0.1, -0.05) is 19.3 Å². The molecule has 1 aliphatic carbocycles. The van der Waals surface area contributed by atoms with E-state index in [1.54, 1.807) is 11.2 Å². The summed E-state index contributed by atoms with van der Waals surface area (Å²) in [5, 5.41) is 2.85. The van der Waals surface area contributed by atoms with Crippen LogP contribution in [0, 0.1) is 5.92 Å². The number of carbonyl (C=O) groups is 2. The second-order valence-electron chi connectivity index (χ2n) is 5.48. The zero-order valence-electron chi connectivity index (χ0n) is 11.4. The maximum atomic E-state index is 12.4. The minimum Gasteiger partial charge on any atom is -0.342 e. The normalized spacial score (nSPS) is 27.2. The van der Waals surface area contributed by atoms with E-state index in [4.69, 9.17) is 0 Å². The van der Waals surface area contributed by atoms with Crippen LogP contribution in [-0.2, 0) is 20.4 Å². The molecule has 0 bridgehead atoms. The number of carbonyl (C=O) groups excluding carboxylic acids is 2. The molecule has 2 rings (SSSR count). The SMILES string of the molecule is CS(=O)CCN1CC(=O)NC(C2CCCCC2)C1=O. The van der Waals surface area contributed by atoms with Gasteiger partial charge in [0, 0.05) is 29.4 Å². The van der Waals surface area contributed by atoms with Gasteiger partial charge in [-0.15, -0.1) is 0 Å². The fourth-order valence-corrected chi connectivity index (χ4v) is 3.42. The fourth-order valence-electron chi connectivity index (χ4n) is 2.94. The van der Waals surface area contributed by atoms with E-state index in [-0.39, 0.29) is 30.3 Å². The van der Waals surface area contributed by atoms with Crippen molar-refractivity contribution >= 4 is 22.6 Å². The van der Waals surface area contributed by atoms with Crippen LogP contribution in [0.3, 0.4) is 0 Å². The van der Waals surface area contributed by atoms with E-state index >= 15 is 0 Å². The molecule has 0 aromatic heterocycles. The lowest BCUT2D eigenvalue weighted by Crippen LogP contribution is -2.61. The number of hydrogen-bond acceptors (Lipinski definition) is 3. The largest absolute Gasteiger partial charge is 0.342 e. The molecule has 1 aliphatic heterocycles. The molecule has 1 heterocycles. The molecule has 5 nitrogen and oxygen atoms in total. The summed E-state index contributed by atoms with van der Waals surface area (Å²) in [6.45, 7) is 0.526. The van der Waals surface area contributed by atoms with Gasteiger partial charge in [0.25, 0.3) is 0 Å². The monoisotopic (exact) mass is 286 g/mol. The van der Waals surface area contributed by atoms with Crippen LogP contribution in [0.4, 0.5) is 0 Å². The summed E-state index contributed by atoms with van der Waals surface area (Å²) < 4.78 is 11.1. The average Bonchev–Trinajstić information content (AvgIpc) is 2.40. The van der Waals surface area contributed by atoms with Gasteiger partial charge in [-0.2, -0.15) is 0 Å². The Labute approximate surface area is 116 Å². The third kappa shape index (κ3) is 3.78. The van der Waals surface area contributed by atoms with Gasteiger partial charge in [0.2, 0.25) is 11.8 Å². The van der Waals surface area contributed by atoms with E-state index in [9.17, 15) is 13.8 Å². The first-order valence-electron chi connectivity index (χ1n) is 6.96. The minimum absolute atomic E-state index is 0.0111. The average molecular weight is 286 g/mol. The van der Waals surface area contributed by atoms with Crippen LogP contribution in [0.2, 0.25) is 0 Å². The lowest BCUT2D eigenvalue weighted by molar-refractivity contribution is -0.146. The van der Waals surface area contributed by atoms with Crippen LogP contribution >= 0.6 is 0 Å². The highest BCUT2D eigenvalue weighted by atomic mass is 32.2. The van der Waals surface area contributed by atoms with Gasteiger partial charge in [0.15, 0.2) is 0 Å². The Morgan fingerprint density at radius 3 is 2.58 bits per heavy atom. The molecule has 6 heteroatoms. The molecule has 2 unspecified atom stereocenters. The molecule has 19 heavy (non-hydrogen) atoms. The summed E-state index contributed by atoms with van der Waals surface area (Å²) in [5.74, 6) is 0.644. The summed E-state index contributed by atoms with van der Waals surface area (Å²) in [5.41, 5.74) is 0. The Bertz CT molecular complexity index is 380. The number of nitrogens with zero attached hydrogens (tertiary/aromatic N) is 1. The molecule has 2 atom stereocenters. The van der Waals surface area contributed by atoms with Crippen LogP contribution in [0.1, 0.15) is 32.1 Å². The van der Waals surface area contributed by atoms with E-state index < -0.39 is 10.8 Å². The smallest absolute Gasteiger partial charge is 0.245 e. The molecular formula is C13H22N2O3S. The molecule has 0 aromatic rings. The number of hydrogen-bond donors (Lipinski definition) is 1. The van der Waals surface area contributed by atoms with Crippen LogP contribution in [0.15, 0.2) is 0 Å². The summed E-state index contributed by atoms with van der Waals surface area (Å²) in [6, 6.07) is -0.355. The highest BCUT2D eigenvalue weighted by Crippen LogP contribution is 2.28.